The van der Waals surface area contributed by atoms with E-state index in [-0.39, 0.29) is 23.9 Å². The first kappa shape index (κ1) is 17.6. The van der Waals surface area contributed by atoms with Crippen molar-refractivity contribution in [2.24, 2.45) is 5.92 Å². The number of carbonyl (C=O) groups excluding carboxylic acids is 2. The van der Waals surface area contributed by atoms with Gasteiger partial charge in [-0.2, -0.15) is 0 Å². The summed E-state index contributed by atoms with van der Waals surface area (Å²) in [5.41, 5.74) is 1.01. The maximum Gasteiger partial charge on any atom is 0.223 e. The van der Waals surface area contributed by atoms with E-state index in [0.29, 0.717) is 19.5 Å². The maximum absolute atomic E-state index is 12.6. The summed E-state index contributed by atoms with van der Waals surface area (Å²) >= 11 is 0. The number of Topliss-reactive ketones (excluding diaryl/α,β-unsaturated/α-hetero) is 1. The van der Waals surface area contributed by atoms with Gasteiger partial charge in [0, 0.05) is 31.6 Å². The lowest BCUT2D eigenvalue weighted by Crippen LogP contribution is -2.32. The Morgan fingerprint density at radius 3 is 2.69 bits per heavy atom. The molecule has 2 heterocycles. The van der Waals surface area contributed by atoms with Crippen LogP contribution >= 0.6 is 0 Å². The molecule has 0 aliphatic heterocycles. The quantitative estimate of drug-likeness (QED) is 0.598. The molecule has 0 aliphatic rings. The zero-order chi connectivity index (χ0) is 18.2. The number of hydrogen-bond donors (Lipinski definition) is 1. The van der Waals surface area contributed by atoms with Crippen molar-refractivity contribution in [1.82, 2.24) is 20.3 Å². The summed E-state index contributed by atoms with van der Waals surface area (Å²) in [6.45, 7) is 0.934. The largest absolute Gasteiger partial charge is 0.461 e. The fourth-order valence-corrected chi connectivity index (χ4v) is 2.66. The molecule has 0 radical (unpaired) electrons. The predicted molar refractivity (Wildman–Crippen MR) is 94.1 cm³/mol. The SMILES string of the molecule is O=C(C[C@H](CCn1ccnn1)C(=O)NCc1ccccc1)c1ccco1. The van der Waals surface area contributed by atoms with E-state index in [1.165, 1.54) is 6.26 Å². The Morgan fingerprint density at radius 1 is 1.15 bits per heavy atom. The number of furan rings is 1. The molecule has 1 N–H and O–H groups in total. The molecule has 1 amide bonds. The Balaban J connectivity index is 1.62. The first-order chi connectivity index (χ1) is 12.7. The van der Waals surface area contributed by atoms with Gasteiger partial charge in [0.25, 0.3) is 0 Å². The number of nitrogens with one attached hydrogen (secondary N) is 1. The number of nitrogens with zero attached hydrogens (tertiary/aromatic N) is 3. The minimum atomic E-state index is -0.472. The maximum atomic E-state index is 12.6. The minimum Gasteiger partial charge on any atom is -0.461 e. The van der Waals surface area contributed by atoms with Gasteiger partial charge in [-0.05, 0) is 24.1 Å². The molecule has 1 aromatic carbocycles. The van der Waals surface area contributed by atoms with Gasteiger partial charge in [0.2, 0.25) is 5.91 Å². The van der Waals surface area contributed by atoms with Gasteiger partial charge in [-0.1, -0.05) is 35.5 Å². The Hall–Kier alpha value is -3.22. The number of amides is 1. The molecule has 0 saturated heterocycles. The summed E-state index contributed by atoms with van der Waals surface area (Å²) in [6, 6.07) is 12.9. The number of aromatic nitrogens is 3. The molecule has 0 bridgehead atoms. The zero-order valence-electron chi connectivity index (χ0n) is 14.2. The molecule has 0 fully saturated rings. The van der Waals surface area contributed by atoms with Crippen LogP contribution in [-0.2, 0) is 17.9 Å². The van der Waals surface area contributed by atoms with Gasteiger partial charge in [-0.3, -0.25) is 14.3 Å². The Labute approximate surface area is 151 Å². The van der Waals surface area contributed by atoms with E-state index < -0.39 is 5.92 Å². The predicted octanol–water partition coefficient (Wildman–Crippen LogP) is 2.47. The van der Waals surface area contributed by atoms with E-state index in [4.69, 9.17) is 4.42 Å². The average Bonchev–Trinajstić information content (AvgIpc) is 3.37. The highest BCUT2D eigenvalue weighted by atomic mass is 16.3. The molecular weight excluding hydrogens is 332 g/mol. The van der Waals surface area contributed by atoms with E-state index >= 15 is 0 Å². The average molecular weight is 352 g/mol. The number of ketones is 1. The van der Waals surface area contributed by atoms with E-state index in [0.717, 1.165) is 5.56 Å². The lowest BCUT2D eigenvalue weighted by molar-refractivity contribution is -0.125. The van der Waals surface area contributed by atoms with E-state index in [2.05, 4.69) is 15.6 Å². The summed E-state index contributed by atoms with van der Waals surface area (Å²) in [4.78, 5) is 25.0. The normalized spacial score (nSPS) is 11.8. The van der Waals surface area contributed by atoms with Gasteiger partial charge in [-0.25, -0.2) is 0 Å². The van der Waals surface area contributed by atoms with Crippen molar-refractivity contribution < 1.29 is 14.0 Å². The zero-order valence-corrected chi connectivity index (χ0v) is 14.2. The summed E-state index contributed by atoms with van der Waals surface area (Å²) < 4.78 is 6.79. The summed E-state index contributed by atoms with van der Waals surface area (Å²) in [5.74, 6) is -0.547. The van der Waals surface area contributed by atoms with Gasteiger partial charge >= 0.3 is 0 Å². The highest BCUT2D eigenvalue weighted by Gasteiger charge is 2.23. The van der Waals surface area contributed by atoms with Crippen LogP contribution in [-0.4, -0.2) is 26.7 Å². The standard InChI is InChI=1S/C19H20N4O3/c24-17(18-7-4-12-26-18)13-16(8-10-23-11-9-21-22-23)19(25)20-14-15-5-2-1-3-6-15/h1-7,9,11-12,16H,8,10,13-14H2,(H,20,25)/t16-/m0/s1. The first-order valence-corrected chi connectivity index (χ1v) is 8.45. The van der Waals surface area contributed by atoms with E-state index in [9.17, 15) is 9.59 Å². The lowest BCUT2D eigenvalue weighted by Gasteiger charge is -2.16. The third kappa shape index (κ3) is 4.89. The second kappa shape index (κ2) is 8.75. The van der Waals surface area contributed by atoms with Gasteiger partial charge in [0.05, 0.1) is 12.5 Å². The molecule has 2 aromatic heterocycles. The fraction of sp³-hybridized carbons (Fsp3) is 0.263. The van der Waals surface area contributed by atoms with Crippen LogP contribution in [0.2, 0.25) is 0 Å². The van der Waals surface area contributed by atoms with E-state index in [1.54, 1.807) is 29.2 Å². The van der Waals surface area contributed by atoms with Crippen molar-refractivity contribution in [3.05, 3.63) is 72.4 Å². The highest BCUT2D eigenvalue weighted by Crippen LogP contribution is 2.16. The monoisotopic (exact) mass is 352 g/mol. The molecule has 0 unspecified atom stereocenters. The first-order valence-electron chi connectivity index (χ1n) is 8.45. The molecule has 3 aromatic rings. The van der Waals surface area contributed by atoms with Crippen LogP contribution < -0.4 is 5.32 Å². The van der Waals surface area contributed by atoms with Crippen LogP contribution in [0.25, 0.3) is 0 Å². The molecule has 7 nitrogen and oxygen atoms in total. The van der Waals surface area contributed by atoms with Crippen LogP contribution in [0.4, 0.5) is 0 Å². The third-order valence-corrected chi connectivity index (χ3v) is 4.09. The lowest BCUT2D eigenvalue weighted by atomic mass is 9.96. The van der Waals surface area contributed by atoms with Gasteiger partial charge in [0.15, 0.2) is 11.5 Å². The summed E-state index contributed by atoms with van der Waals surface area (Å²) in [7, 11) is 0. The highest BCUT2D eigenvalue weighted by molar-refractivity contribution is 5.96. The molecule has 0 saturated carbocycles. The Morgan fingerprint density at radius 2 is 2.00 bits per heavy atom. The van der Waals surface area contributed by atoms with Crippen LogP contribution in [0.5, 0.6) is 0 Å². The summed E-state index contributed by atoms with van der Waals surface area (Å²) in [5, 5.41) is 10.6. The van der Waals surface area contributed by atoms with Crippen molar-refractivity contribution >= 4 is 11.7 Å². The Kier molecular flexibility index (Phi) is 5.92. The second-order valence-corrected chi connectivity index (χ2v) is 5.96. The number of aryl methyl sites for hydroxylation is 1. The Bertz CT molecular complexity index is 814. The number of hydrogen-bond acceptors (Lipinski definition) is 5. The topological polar surface area (TPSA) is 90.0 Å². The number of rotatable bonds is 9. The molecule has 26 heavy (non-hydrogen) atoms. The van der Waals surface area contributed by atoms with Crippen LogP contribution in [0.3, 0.4) is 0 Å². The molecule has 0 spiro atoms. The van der Waals surface area contributed by atoms with Gasteiger partial charge < -0.3 is 9.73 Å². The summed E-state index contributed by atoms with van der Waals surface area (Å²) in [6.07, 6.45) is 5.33. The minimum absolute atomic E-state index is 0.0861. The molecular formula is C19H20N4O3. The van der Waals surface area contributed by atoms with Crippen LogP contribution in [0, 0.1) is 5.92 Å². The van der Waals surface area contributed by atoms with Gasteiger partial charge in [0.1, 0.15) is 0 Å². The fourth-order valence-electron chi connectivity index (χ4n) is 2.66. The molecule has 1 atom stereocenters. The number of benzene rings is 1. The third-order valence-electron chi connectivity index (χ3n) is 4.09. The smallest absolute Gasteiger partial charge is 0.223 e. The van der Waals surface area contributed by atoms with E-state index in [1.807, 2.05) is 30.3 Å². The van der Waals surface area contributed by atoms with Crippen LogP contribution in [0.15, 0.2) is 65.5 Å². The second-order valence-electron chi connectivity index (χ2n) is 5.96. The van der Waals surface area contributed by atoms with Crippen molar-refractivity contribution in [3.63, 3.8) is 0 Å². The van der Waals surface area contributed by atoms with Crippen LogP contribution in [0.1, 0.15) is 29.0 Å². The van der Waals surface area contributed by atoms with Crippen molar-refractivity contribution in [2.45, 2.75) is 25.9 Å². The van der Waals surface area contributed by atoms with Crippen molar-refractivity contribution in [1.29, 1.82) is 0 Å². The molecule has 3 rings (SSSR count). The van der Waals surface area contributed by atoms with Crippen molar-refractivity contribution in [3.8, 4) is 0 Å². The molecule has 0 aliphatic carbocycles. The number of carbonyl (C=O) groups is 2. The molecule has 7 heteroatoms. The van der Waals surface area contributed by atoms with Gasteiger partial charge in [-0.15, -0.1) is 5.10 Å². The van der Waals surface area contributed by atoms with Crippen molar-refractivity contribution in [2.75, 3.05) is 0 Å². The molecule has 134 valence electrons.